The molecule has 0 aliphatic carbocycles. The lowest BCUT2D eigenvalue weighted by Gasteiger charge is -2.19. The van der Waals surface area contributed by atoms with Gasteiger partial charge in [0, 0.05) is 35.1 Å². The molecule has 0 radical (unpaired) electrons. The highest BCUT2D eigenvalue weighted by Gasteiger charge is 2.15. The van der Waals surface area contributed by atoms with Crippen molar-refractivity contribution in [3.63, 3.8) is 0 Å². The molecule has 0 spiro atoms. The minimum absolute atomic E-state index is 0.0237. The van der Waals surface area contributed by atoms with E-state index in [-0.39, 0.29) is 23.2 Å². The molecular weight excluding hydrogens is 392 g/mol. The molecule has 3 nitrogen and oxygen atoms in total. The van der Waals surface area contributed by atoms with E-state index in [0.717, 1.165) is 16.3 Å². The second-order valence-electron chi connectivity index (χ2n) is 9.06. The standard InChI is InChI=1S/C29H28N2O/c1-19-8-15-24-23-6-5-7-25(27(23)32-28(24)31-19)26-18-21(16-17-30-26)10-9-20-11-13-22(14-12-20)29(2,3)4/h5-8,11-18H,9-10H2,1-4H3/i1D3,10D2. The van der Waals surface area contributed by atoms with Gasteiger partial charge in [0.25, 0.3) is 0 Å². The van der Waals surface area contributed by atoms with E-state index in [2.05, 4.69) is 42.9 Å². The number of fused-ring (bicyclic) bond motifs is 3. The van der Waals surface area contributed by atoms with Crippen molar-refractivity contribution in [2.45, 2.75) is 45.8 Å². The van der Waals surface area contributed by atoms with Gasteiger partial charge < -0.3 is 4.42 Å². The number of aromatic nitrogens is 2. The van der Waals surface area contributed by atoms with E-state index in [1.54, 1.807) is 24.4 Å². The third kappa shape index (κ3) is 3.91. The zero-order chi connectivity index (χ0) is 26.6. The Bertz CT molecular complexity index is 1600. The van der Waals surface area contributed by atoms with Gasteiger partial charge in [0.1, 0.15) is 5.58 Å². The van der Waals surface area contributed by atoms with Gasteiger partial charge in [0.05, 0.1) is 5.69 Å². The summed E-state index contributed by atoms with van der Waals surface area (Å²) in [6.07, 6.45) is 0.230. The van der Waals surface area contributed by atoms with E-state index in [9.17, 15) is 0 Å². The van der Waals surface area contributed by atoms with Gasteiger partial charge in [-0.15, -0.1) is 0 Å². The van der Waals surface area contributed by atoms with E-state index >= 15 is 0 Å². The topological polar surface area (TPSA) is 38.9 Å². The first-order valence-corrected chi connectivity index (χ1v) is 10.7. The van der Waals surface area contributed by atoms with Crippen molar-refractivity contribution in [1.82, 2.24) is 9.97 Å². The molecular formula is C29H28N2O. The number of hydrogen-bond donors (Lipinski definition) is 0. The van der Waals surface area contributed by atoms with Gasteiger partial charge in [-0.05, 0) is 72.1 Å². The monoisotopic (exact) mass is 425 g/mol. The molecule has 3 heteroatoms. The fourth-order valence-electron chi connectivity index (χ4n) is 3.90. The molecule has 5 aromatic rings. The molecule has 160 valence electrons. The summed E-state index contributed by atoms with van der Waals surface area (Å²) in [6.45, 7) is 4.14. The van der Waals surface area contributed by atoms with Crippen molar-refractivity contribution in [2.75, 3.05) is 0 Å². The smallest absolute Gasteiger partial charge is 0.227 e. The number of furan rings is 1. The Kier molecular flexibility index (Phi) is 3.79. The number of benzene rings is 2. The van der Waals surface area contributed by atoms with Gasteiger partial charge in [0.2, 0.25) is 5.71 Å². The van der Waals surface area contributed by atoms with E-state index in [4.69, 9.17) is 11.3 Å². The summed E-state index contributed by atoms with van der Waals surface area (Å²) in [4.78, 5) is 8.74. The Hall–Kier alpha value is -3.46. The lowest BCUT2D eigenvalue weighted by molar-refractivity contribution is 0.590. The molecule has 0 unspecified atom stereocenters. The average Bonchev–Trinajstić information content (AvgIpc) is 3.21. The molecule has 0 fully saturated rings. The summed E-state index contributed by atoms with van der Waals surface area (Å²) in [5, 5.41) is 1.52. The highest BCUT2D eigenvalue weighted by Crippen LogP contribution is 2.34. The second-order valence-corrected chi connectivity index (χ2v) is 9.06. The summed E-state index contributed by atoms with van der Waals surface area (Å²) in [5.41, 5.74) is 4.73. The molecule has 0 N–H and O–H groups in total. The lowest BCUT2D eigenvalue weighted by atomic mass is 9.86. The van der Waals surface area contributed by atoms with Gasteiger partial charge in [-0.1, -0.05) is 57.2 Å². The highest BCUT2D eigenvalue weighted by atomic mass is 16.3. The van der Waals surface area contributed by atoms with E-state index in [1.807, 2.05) is 30.3 Å². The molecule has 0 amide bonds. The Balaban J connectivity index is 1.51. The van der Waals surface area contributed by atoms with Gasteiger partial charge in [-0.25, -0.2) is 4.98 Å². The number of aryl methyl sites for hydroxylation is 3. The maximum Gasteiger partial charge on any atom is 0.227 e. The van der Waals surface area contributed by atoms with Gasteiger partial charge in [-0.2, -0.15) is 0 Å². The quantitative estimate of drug-likeness (QED) is 0.300. The summed E-state index contributed by atoms with van der Waals surface area (Å²) in [5.74, 6) is 0. The molecule has 5 rings (SSSR count). The predicted molar refractivity (Wildman–Crippen MR) is 132 cm³/mol. The van der Waals surface area contributed by atoms with Crippen molar-refractivity contribution in [2.24, 2.45) is 0 Å². The van der Waals surface area contributed by atoms with Crippen LogP contribution in [0.5, 0.6) is 0 Å². The van der Waals surface area contributed by atoms with Gasteiger partial charge in [0.15, 0.2) is 0 Å². The van der Waals surface area contributed by atoms with Crippen LogP contribution in [0.3, 0.4) is 0 Å². The van der Waals surface area contributed by atoms with Crippen LogP contribution in [0.15, 0.2) is 77.3 Å². The Morgan fingerprint density at radius 1 is 0.938 bits per heavy atom. The molecule has 0 saturated carbocycles. The molecule has 0 atom stereocenters. The summed E-state index contributed by atoms with van der Waals surface area (Å²) < 4.78 is 46.6. The summed E-state index contributed by atoms with van der Waals surface area (Å²) in [7, 11) is 0. The SMILES string of the molecule is [2H]C([2H])([2H])c1ccc2c(n1)oc1c(-c3cc(C([2H])([2H])Cc4ccc(C(C)(C)C)cc4)ccn3)cccc12. The second kappa shape index (κ2) is 7.90. The molecule has 0 bridgehead atoms. The van der Waals surface area contributed by atoms with Crippen LogP contribution in [0, 0.1) is 6.85 Å². The van der Waals surface area contributed by atoms with Crippen molar-refractivity contribution < 1.29 is 11.3 Å². The number of rotatable bonds is 4. The minimum atomic E-state index is -2.33. The first-order chi connectivity index (χ1) is 17.3. The van der Waals surface area contributed by atoms with Crippen molar-refractivity contribution >= 4 is 22.1 Å². The lowest BCUT2D eigenvalue weighted by Crippen LogP contribution is -2.10. The highest BCUT2D eigenvalue weighted by molar-refractivity contribution is 6.08. The number of para-hydroxylation sites is 1. The van der Waals surface area contributed by atoms with Crippen LogP contribution in [0.4, 0.5) is 0 Å². The molecule has 2 aromatic carbocycles. The van der Waals surface area contributed by atoms with Crippen LogP contribution in [0.1, 0.15) is 50.0 Å². The molecule has 0 aliphatic rings. The molecule has 0 aliphatic heterocycles. The van der Waals surface area contributed by atoms with E-state index in [0.29, 0.717) is 22.4 Å². The van der Waals surface area contributed by atoms with Gasteiger partial charge >= 0.3 is 0 Å². The largest absolute Gasteiger partial charge is 0.437 e. The Morgan fingerprint density at radius 2 is 1.78 bits per heavy atom. The van der Waals surface area contributed by atoms with Crippen LogP contribution in [-0.4, -0.2) is 9.97 Å². The van der Waals surface area contributed by atoms with Crippen LogP contribution in [0.2, 0.25) is 0 Å². The summed E-state index contributed by atoms with van der Waals surface area (Å²) in [6, 6.07) is 20.4. The van der Waals surface area contributed by atoms with Crippen LogP contribution in [-0.2, 0) is 18.2 Å². The third-order valence-corrected chi connectivity index (χ3v) is 5.72. The number of hydrogen-bond acceptors (Lipinski definition) is 3. The first kappa shape index (κ1) is 15.4. The van der Waals surface area contributed by atoms with E-state index < -0.39 is 13.2 Å². The normalized spacial score (nSPS) is 15.2. The number of nitrogens with zero attached hydrogens (tertiary/aromatic N) is 2. The van der Waals surface area contributed by atoms with Crippen molar-refractivity contribution in [3.05, 3.63) is 95.3 Å². The summed E-state index contributed by atoms with van der Waals surface area (Å²) >= 11 is 0. The van der Waals surface area contributed by atoms with Crippen molar-refractivity contribution in [1.29, 1.82) is 0 Å². The predicted octanol–water partition coefficient (Wildman–Crippen LogP) is 7.43. The van der Waals surface area contributed by atoms with Crippen LogP contribution >= 0.6 is 0 Å². The van der Waals surface area contributed by atoms with Gasteiger partial charge in [-0.3, -0.25) is 4.98 Å². The fourth-order valence-corrected chi connectivity index (χ4v) is 3.90. The minimum Gasteiger partial charge on any atom is -0.437 e. The number of pyridine rings is 2. The van der Waals surface area contributed by atoms with Crippen LogP contribution in [0.25, 0.3) is 33.3 Å². The first-order valence-electron chi connectivity index (χ1n) is 13.2. The Morgan fingerprint density at radius 3 is 2.56 bits per heavy atom. The fraction of sp³-hybridized carbons (Fsp3) is 0.241. The maximum absolute atomic E-state index is 8.83. The maximum atomic E-state index is 8.83. The third-order valence-electron chi connectivity index (χ3n) is 5.72. The molecule has 32 heavy (non-hydrogen) atoms. The van der Waals surface area contributed by atoms with E-state index in [1.165, 1.54) is 11.6 Å². The van der Waals surface area contributed by atoms with Crippen molar-refractivity contribution in [3.8, 4) is 11.3 Å². The van der Waals surface area contributed by atoms with Crippen LogP contribution < -0.4 is 0 Å². The molecule has 0 saturated heterocycles. The zero-order valence-electron chi connectivity index (χ0n) is 23.4. The molecule has 3 aromatic heterocycles. The zero-order valence-corrected chi connectivity index (χ0v) is 18.4. The Labute approximate surface area is 196 Å². The average molecular weight is 426 g/mol. The molecule has 3 heterocycles.